The first kappa shape index (κ1) is 12.8. The van der Waals surface area contributed by atoms with Crippen LogP contribution in [0.25, 0.3) is 0 Å². The Morgan fingerprint density at radius 1 is 1.50 bits per heavy atom. The second-order valence-corrected chi connectivity index (χ2v) is 5.03. The largest absolute Gasteiger partial charge is 0.481 e. The first-order chi connectivity index (χ1) is 7.34. The molecule has 1 fully saturated rings. The summed E-state index contributed by atoms with van der Waals surface area (Å²) in [5.74, 6) is -0.901. The van der Waals surface area contributed by atoms with Crippen molar-refractivity contribution in [3.63, 3.8) is 0 Å². The minimum atomic E-state index is -0.918. The molecule has 5 heteroatoms. The number of rotatable bonds is 3. The topological polar surface area (TPSA) is 69.6 Å². The predicted molar refractivity (Wildman–Crippen MR) is 60.2 cm³/mol. The van der Waals surface area contributed by atoms with Crippen molar-refractivity contribution in [3.05, 3.63) is 0 Å². The van der Waals surface area contributed by atoms with E-state index in [0.717, 1.165) is 19.4 Å². The van der Waals surface area contributed by atoms with E-state index in [2.05, 4.69) is 5.32 Å². The molecule has 1 heterocycles. The Morgan fingerprint density at radius 2 is 2.12 bits per heavy atom. The number of carbonyl (C=O) groups is 2. The van der Waals surface area contributed by atoms with Crippen molar-refractivity contribution in [1.29, 1.82) is 0 Å². The molecule has 0 bridgehead atoms. The van der Waals surface area contributed by atoms with Crippen LogP contribution >= 0.6 is 0 Å². The molecule has 16 heavy (non-hydrogen) atoms. The second-order valence-electron chi connectivity index (χ2n) is 5.03. The summed E-state index contributed by atoms with van der Waals surface area (Å²) in [5, 5.41) is 11.6. The maximum atomic E-state index is 11.7. The molecule has 5 nitrogen and oxygen atoms in total. The molecule has 92 valence electrons. The smallest absolute Gasteiger partial charge is 0.317 e. The van der Waals surface area contributed by atoms with Gasteiger partial charge in [-0.1, -0.05) is 0 Å². The van der Waals surface area contributed by atoms with Crippen LogP contribution in [-0.2, 0) is 4.79 Å². The maximum absolute atomic E-state index is 11.7. The maximum Gasteiger partial charge on any atom is 0.317 e. The minimum Gasteiger partial charge on any atom is -0.481 e. The van der Waals surface area contributed by atoms with Crippen molar-refractivity contribution in [2.45, 2.75) is 39.7 Å². The molecule has 0 saturated carbocycles. The summed E-state index contributed by atoms with van der Waals surface area (Å²) in [4.78, 5) is 24.4. The lowest BCUT2D eigenvalue weighted by molar-refractivity contribution is -0.146. The van der Waals surface area contributed by atoms with E-state index in [4.69, 9.17) is 5.11 Å². The molecule has 1 aliphatic rings. The standard InChI is InChI=1S/C11H20N2O3/c1-8-5-4-6-13(8)10(16)12-7-11(2,3)9(14)15/h8H,4-7H2,1-3H3,(H,12,16)(H,14,15). The van der Waals surface area contributed by atoms with E-state index in [9.17, 15) is 9.59 Å². The van der Waals surface area contributed by atoms with Crippen LogP contribution in [0.2, 0.25) is 0 Å². The highest BCUT2D eigenvalue weighted by Gasteiger charge is 2.30. The van der Waals surface area contributed by atoms with Gasteiger partial charge in [-0.2, -0.15) is 0 Å². The Hall–Kier alpha value is -1.26. The van der Waals surface area contributed by atoms with E-state index in [-0.39, 0.29) is 18.6 Å². The molecular formula is C11H20N2O3. The molecule has 0 aromatic rings. The molecule has 2 amide bonds. The van der Waals surface area contributed by atoms with E-state index in [1.54, 1.807) is 18.7 Å². The highest BCUT2D eigenvalue weighted by Crippen LogP contribution is 2.17. The van der Waals surface area contributed by atoms with Gasteiger partial charge in [0.2, 0.25) is 0 Å². The number of nitrogens with zero attached hydrogens (tertiary/aromatic N) is 1. The van der Waals surface area contributed by atoms with Crippen molar-refractivity contribution in [2.24, 2.45) is 5.41 Å². The third kappa shape index (κ3) is 2.87. The van der Waals surface area contributed by atoms with Crippen molar-refractivity contribution < 1.29 is 14.7 Å². The third-order valence-corrected chi connectivity index (χ3v) is 3.07. The van der Waals surface area contributed by atoms with Crippen LogP contribution in [0.3, 0.4) is 0 Å². The van der Waals surface area contributed by atoms with E-state index in [1.165, 1.54) is 0 Å². The highest BCUT2D eigenvalue weighted by molar-refractivity contribution is 5.77. The lowest BCUT2D eigenvalue weighted by Gasteiger charge is -2.25. The number of amides is 2. The zero-order chi connectivity index (χ0) is 12.3. The molecule has 2 N–H and O–H groups in total. The fourth-order valence-corrected chi connectivity index (χ4v) is 1.71. The summed E-state index contributed by atoms with van der Waals surface area (Å²) in [5.41, 5.74) is -0.918. The van der Waals surface area contributed by atoms with Gasteiger partial charge in [-0.15, -0.1) is 0 Å². The molecule has 0 aliphatic carbocycles. The summed E-state index contributed by atoms with van der Waals surface area (Å²) >= 11 is 0. The lowest BCUT2D eigenvalue weighted by atomic mass is 9.94. The first-order valence-corrected chi connectivity index (χ1v) is 5.62. The number of hydrogen-bond donors (Lipinski definition) is 2. The number of carboxylic acid groups (broad SMARTS) is 1. The van der Waals surface area contributed by atoms with Crippen molar-refractivity contribution in [1.82, 2.24) is 10.2 Å². The van der Waals surface area contributed by atoms with Crippen molar-refractivity contribution >= 4 is 12.0 Å². The third-order valence-electron chi connectivity index (χ3n) is 3.07. The van der Waals surface area contributed by atoms with Gasteiger partial charge in [-0.05, 0) is 33.6 Å². The first-order valence-electron chi connectivity index (χ1n) is 5.62. The normalized spacial score (nSPS) is 20.9. The molecule has 1 atom stereocenters. The van der Waals surface area contributed by atoms with Crippen LogP contribution in [0.4, 0.5) is 4.79 Å². The minimum absolute atomic E-state index is 0.153. The van der Waals surface area contributed by atoms with Crippen LogP contribution in [0.15, 0.2) is 0 Å². The number of urea groups is 1. The molecule has 0 aromatic heterocycles. The monoisotopic (exact) mass is 228 g/mol. The summed E-state index contributed by atoms with van der Waals surface area (Å²) < 4.78 is 0. The van der Waals surface area contributed by atoms with Crippen LogP contribution < -0.4 is 5.32 Å². The number of aliphatic carboxylic acids is 1. The molecule has 1 saturated heterocycles. The number of likely N-dealkylation sites (tertiary alicyclic amines) is 1. The Labute approximate surface area is 95.8 Å². The Balaban J connectivity index is 2.44. The van der Waals surface area contributed by atoms with Gasteiger partial charge in [0.05, 0.1) is 5.41 Å². The van der Waals surface area contributed by atoms with Gasteiger partial charge in [0.25, 0.3) is 0 Å². The predicted octanol–water partition coefficient (Wildman–Crippen LogP) is 1.29. The van der Waals surface area contributed by atoms with Crippen LogP contribution in [0, 0.1) is 5.41 Å². The summed E-state index contributed by atoms with van der Waals surface area (Å²) in [6.45, 7) is 6.13. The van der Waals surface area contributed by atoms with Crippen LogP contribution in [0.1, 0.15) is 33.6 Å². The highest BCUT2D eigenvalue weighted by atomic mass is 16.4. The Kier molecular flexibility index (Phi) is 3.78. The number of hydrogen-bond acceptors (Lipinski definition) is 2. The van der Waals surface area contributed by atoms with Gasteiger partial charge in [0.1, 0.15) is 0 Å². The van der Waals surface area contributed by atoms with Crippen LogP contribution in [-0.4, -0.2) is 41.1 Å². The Bertz CT molecular complexity index is 289. The fourth-order valence-electron chi connectivity index (χ4n) is 1.71. The lowest BCUT2D eigenvalue weighted by Crippen LogP contribution is -2.46. The van der Waals surface area contributed by atoms with Gasteiger partial charge in [0, 0.05) is 19.1 Å². The van der Waals surface area contributed by atoms with Crippen molar-refractivity contribution in [2.75, 3.05) is 13.1 Å². The SMILES string of the molecule is CC1CCCN1C(=O)NCC(C)(C)C(=O)O. The zero-order valence-corrected chi connectivity index (χ0v) is 10.1. The zero-order valence-electron chi connectivity index (χ0n) is 10.1. The van der Waals surface area contributed by atoms with Crippen LogP contribution in [0.5, 0.6) is 0 Å². The van der Waals surface area contributed by atoms with E-state index < -0.39 is 11.4 Å². The second kappa shape index (κ2) is 4.72. The van der Waals surface area contributed by atoms with Gasteiger partial charge in [0.15, 0.2) is 0 Å². The molecule has 1 rings (SSSR count). The summed E-state index contributed by atoms with van der Waals surface area (Å²) in [6.07, 6.45) is 2.05. The van der Waals surface area contributed by atoms with E-state index in [1.807, 2.05) is 6.92 Å². The molecule has 0 aromatic carbocycles. The molecule has 1 aliphatic heterocycles. The fraction of sp³-hybridized carbons (Fsp3) is 0.818. The van der Waals surface area contributed by atoms with Gasteiger partial charge < -0.3 is 15.3 Å². The average molecular weight is 228 g/mol. The molecule has 1 unspecified atom stereocenters. The van der Waals surface area contributed by atoms with E-state index in [0.29, 0.717) is 0 Å². The quantitative estimate of drug-likeness (QED) is 0.764. The van der Waals surface area contributed by atoms with Crippen molar-refractivity contribution in [3.8, 4) is 0 Å². The molecule has 0 spiro atoms. The summed E-state index contributed by atoms with van der Waals surface area (Å²) in [6, 6.07) is 0.104. The summed E-state index contributed by atoms with van der Waals surface area (Å²) in [7, 11) is 0. The number of carboxylic acids is 1. The van der Waals surface area contributed by atoms with Gasteiger partial charge >= 0.3 is 12.0 Å². The number of carbonyl (C=O) groups excluding carboxylic acids is 1. The number of nitrogens with one attached hydrogen (secondary N) is 1. The average Bonchev–Trinajstić information content (AvgIpc) is 2.61. The van der Waals surface area contributed by atoms with Gasteiger partial charge in [-0.25, -0.2) is 4.79 Å². The molecular weight excluding hydrogens is 208 g/mol. The molecule has 0 radical (unpaired) electrons. The Morgan fingerprint density at radius 3 is 2.56 bits per heavy atom. The van der Waals surface area contributed by atoms with E-state index >= 15 is 0 Å². The van der Waals surface area contributed by atoms with Gasteiger partial charge in [-0.3, -0.25) is 4.79 Å².